The Bertz CT molecular complexity index is 546. The lowest BCUT2D eigenvalue weighted by molar-refractivity contribution is 0.0936. The van der Waals surface area contributed by atoms with Crippen LogP contribution in [0.25, 0.3) is 0 Å². The largest absolute Gasteiger partial charge is 0.293 e. The molecule has 0 bridgehead atoms. The van der Waals surface area contributed by atoms with Crippen molar-refractivity contribution < 1.29 is 9.59 Å². The number of hydrogen-bond donors (Lipinski definition) is 0. The summed E-state index contributed by atoms with van der Waals surface area (Å²) in [4.78, 5) is 23.7. The summed E-state index contributed by atoms with van der Waals surface area (Å²) in [5.41, 5.74) is -0.0659. The molecule has 0 amide bonds. The third-order valence-electron chi connectivity index (χ3n) is 3.05. The van der Waals surface area contributed by atoms with Crippen molar-refractivity contribution in [2.75, 3.05) is 0 Å². The molecule has 2 rings (SSSR count). The van der Waals surface area contributed by atoms with Crippen molar-refractivity contribution in [1.29, 1.82) is 0 Å². The lowest BCUT2D eigenvalue weighted by atomic mass is 9.77. The highest BCUT2D eigenvalue weighted by Crippen LogP contribution is 2.26. The molecule has 2 aromatic rings. The Balaban J connectivity index is 2.46. The molecule has 18 heavy (non-hydrogen) atoms. The van der Waals surface area contributed by atoms with Gasteiger partial charge in [0.15, 0.2) is 5.78 Å². The number of rotatable bonds is 4. The molecule has 2 heteroatoms. The third kappa shape index (κ3) is 2.09. The van der Waals surface area contributed by atoms with E-state index in [2.05, 4.69) is 0 Å². The Kier molecular flexibility index (Phi) is 3.38. The topological polar surface area (TPSA) is 34.1 Å². The Labute approximate surface area is 106 Å². The average Bonchev–Trinajstić information content (AvgIpc) is 2.47. The van der Waals surface area contributed by atoms with Gasteiger partial charge in [0, 0.05) is 5.56 Å². The second-order valence-electron chi connectivity index (χ2n) is 4.29. The van der Waals surface area contributed by atoms with E-state index < -0.39 is 5.41 Å². The second-order valence-corrected chi connectivity index (χ2v) is 4.29. The van der Waals surface area contributed by atoms with Crippen LogP contribution in [0.15, 0.2) is 60.7 Å². The summed E-state index contributed by atoms with van der Waals surface area (Å²) >= 11 is 0. The van der Waals surface area contributed by atoms with Gasteiger partial charge in [0.25, 0.3) is 0 Å². The first-order valence-electron chi connectivity index (χ1n) is 5.73. The van der Waals surface area contributed by atoms with Crippen molar-refractivity contribution in [3.05, 3.63) is 71.8 Å². The Hall–Kier alpha value is -2.22. The highest BCUT2D eigenvalue weighted by molar-refractivity contribution is 6.13. The van der Waals surface area contributed by atoms with Gasteiger partial charge >= 0.3 is 0 Å². The minimum absolute atomic E-state index is 0.232. The van der Waals surface area contributed by atoms with Crippen molar-refractivity contribution >= 4 is 12.1 Å². The molecule has 89 valence electrons. The lowest BCUT2D eigenvalue weighted by Gasteiger charge is -2.21. The van der Waals surface area contributed by atoms with Crippen LogP contribution in [0.1, 0.15) is 22.8 Å². The molecule has 1 atom stereocenters. The molecule has 0 aliphatic carbocycles. The standard InChI is InChI=1S/C16H13O2/c1-16(12-17,14-10-6-3-7-11-14)15(18)13-8-4-2-5-9-13/h2-11H,1H3. The van der Waals surface area contributed by atoms with Gasteiger partial charge in [0.2, 0.25) is 6.29 Å². The van der Waals surface area contributed by atoms with Gasteiger partial charge in [-0.2, -0.15) is 0 Å². The van der Waals surface area contributed by atoms with Crippen LogP contribution in [-0.2, 0) is 10.2 Å². The Morgan fingerprint density at radius 1 is 0.944 bits per heavy atom. The molecule has 1 radical (unpaired) electrons. The van der Waals surface area contributed by atoms with Crippen LogP contribution in [0.4, 0.5) is 0 Å². The summed E-state index contributed by atoms with van der Waals surface area (Å²) < 4.78 is 0. The van der Waals surface area contributed by atoms with Crippen LogP contribution in [-0.4, -0.2) is 12.1 Å². The fourth-order valence-electron chi connectivity index (χ4n) is 1.89. The molecular weight excluding hydrogens is 224 g/mol. The van der Waals surface area contributed by atoms with Gasteiger partial charge in [-0.3, -0.25) is 9.59 Å². The second kappa shape index (κ2) is 4.96. The minimum atomic E-state index is -1.25. The SMILES string of the molecule is CC([C]=O)(C(=O)c1ccccc1)c1ccccc1. The van der Waals surface area contributed by atoms with Gasteiger partial charge in [-0.25, -0.2) is 0 Å². The predicted octanol–water partition coefficient (Wildman–Crippen LogP) is 2.94. The molecule has 0 fully saturated rings. The fourth-order valence-corrected chi connectivity index (χ4v) is 1.89. The summed E-state index contributed by atoms with van der Waals surface area (Å²) in [6.45, 7) is 1.60. The van der Waals surface area contributed by atoms with E-state index in [0.29, 0.717) is 11.1 Å². The predicted molar refractivity (Wildman–Crippen MR) is 70.3 cm³/mol. The summed E-state index contributed by atoms with van der Waals surface area (Å²) in [6.07, 6.45) is 1.89. The van der Waals surface area contributed by atoms with Crippen LogP contribution < -0.4 is 0 Å². The van der Waals surface area contributed by atoms with Crippen molar-refractivity contribution in [2.45, 2.75) is 12.3 Å². The monoisotopic (exact) mass is 237 g/mol. The normalized spacial score (nSPS) is 13.6. The van der Waals surface area contributed by atoms with E-state index in [0.717, 1.165) is 0 Å². The third-order valence-corrected chi connectivity index (χ3v) is 3.05. The van der Waals surface area contributed by atoms with Gasteiger partial charge in [-0.15, -0.1) is 0 Å². The summed E-state index contributed by atoms with van der Waals surface area (Å²) in [5.74, 6) is -0.232. The molecule has 0 spiro atoms. The fraction of sp³-hybridized carbons (Fsp3) is 0.125. The van der Waals surface area contributed by atoms with Crippen LogP contribution in [0.5, 0.6) is 0 Å². The van der Waals surface area contributed by atoms with Crippen LogP contribution in [0, 0.1) is 0 Å². The van der Waals surface area contributed by atoms with Gasteiger partial charge in [0.1, 0.15) is 5.41 Å². The van der Waals surface area contributed by atoms with E-state index in [1.54, 1.807) is 43.3 Å². The first-order valence-corrected chi connectivity index (χ1v) is 5.73. The quantitative estimate of drug-likeness (QED) is 0.605. The summed E-state index contributed by atoms with van der Waals surface area (Å²) in [7, 11) is 0. The Morgan fingerprint density at radius 2 is 1.44 bits per heavy atom. The molecule has 0 aromatic heterocycles. The van der Waals surface area contributed by atoms with Crippen LogP contribution >= 0.6 is 0 Å². The van der Waals surface area contributed by atoms with Crippen molar-refractivity contribution in [3.63, 3.8) is 0 Å². The number of carbonyl (C=O) groups excluding carboxylic acids is 2. The highest BCUT2D eigenvalue weighted by Gasteiger charge is 2.36. The molecule has 2 nitrogen and oxygen atoms in total. The van der Waals surface area contributed by atoms with Crippen molar-refractivity contribution in [2.24, 2.45) is 0 Å². The smallest absolute Gasteiger partial charge is 0.217 e. The molecule has 0 saturated carbocycles. The van der Waals surface area contributed by atoms with Gasteiger partial charge in [-0.05, 0) is 12.5 Å². The maximum absolute atomic E-state index is 12.4. The van der Waals surface area contributed by atoms with Crippen molar-refractivity contribution in [3.8, 4) is 0 Å². The molecule has 0 aliphatic rings. The van der Waals surface area contributed by atoms with E-state index in [1.165, 1.54) is 0 Å². The van der Waals surface area contributed by atoms with E-state index in [9.17, 15) is 9.59 Å². The Morgan fingerprint density at radius 3 is 1.94 bits per heavy atom. The van der Waals surface area contributed by atoms with E-state index in [-0.39, 0.29) is 5.78 Å². The van der Waals surface area contributed by atoms with E-state index >= 15 is 0 Å². The first-order chi connectivity index (χ1) is 8.68. The van der Waals surface area contributed by atoms with Crippen molar-refractivity contribution in [1.82, 2.24) is 0 Å². The number of benzene rings is 2. The number of carbonyl (C=O) groups is 1. The number of Topliss-reactive ketones (excluding diaryl/α,β-unsaturated/α-hetero) is 1. The zero-order chi connectivity index (χ0) is 13.0. The summed E-state index contributed by atoms with van der Waals surface area (Å²) in [6, 6.07) is 17.8. The highest BCUT2D eigenvalue weighted by atomic mass is 16.1. The number of hydrogen-bond acceptors (Lipinski definition) is 2. The molecule has 1 unspecified atom stereocenters. The van der Waals surface area contributed by atoms with Gasteiger partial charge < -0.3 is 0 Å². The average molecular weight is 237 g/mol. The van der Waals surface area contributed by atoms with Crippen LogP contribution in [0.3, 0.4) is 0 Å². The molecule has 0 aliphatic heterocycles. The molecule has 2 aromatic carbocycles. The van der Waals surface area contributed by atoms with Crippen LogP contribution in [0.2, 0.25) is 0 Å². The van der Waals surface area contributed by atoms with E-state index in [4.69, 9.17) is 0 Å². The molecule has 0 heterocycles. The maximum Gasteiger partial charge on any atom is 0.217 e. The van der Waals surface area contributed by atoms with Gasteiger partial charge in [-0.1, -0.05) is 60.7 Å². The zero-order valence-corrected chi connectivity index (χ0v) is 10.1. The maximum atomic E-state index is 12.4. The van der Waals surface area contributed by atoms with E-state index in [1.807, 2.05) is 30.6 Å². The lowest BCUT2D eigenvalue weighted by Crippen LogP contribution is -2.34. The first kappa shape index (κ1) is 12.2. The molecule has 0 saturated heterocycles. The minimum Gasteiger partial charge on any atom is -0.293 e. The zero-order valence-electron chi connectivity index (χ0n) is 10.1. The number of ketones is 1. The molecular formula is C16H13O2. The van der Waals surface area contributed by atoms with Gasteiger partial charge in [0.05, 0.1) is 0 Å². The molecule has 0 N–H and O–H groups in total. The summed E-state index contributed by atoms with van der Waals surface area (Å²) in [5, 5.41) is 0.